The molecular formula is C12H10INO3. The fraction of sp³-hybridized carbons (Fsp3) is 0.167. The smallest absolute Gasteiger partial charge is 0.261 e. The van der Waals surface area contributed by atoms with E-state index in [-0.39, 0.29) is 0 Å². The first-order chi connectivity index (χ1) is 8.10. The molecule has 1 rings (SSSR count). The van der Waals surface area contributed by atoms with Gasteiger partial charge < -0.3 is 3.07 Å². The molecule has 17 heavy (non-hydrogen) atoms. The van der Waals surface area contributed by atoms with Crippen LogP contribution in [0.2, 0.25) is 0 Å². The van der Waals surface area contributed by atoms with Crippen molar-refractivity contribution in [3.8, 4) is 18.1 Å². The molecule has 0 aromatic heterocycles. The number of halogens is 1. The van der Waals surface area contributed by atoms with Crippen LogP contribution in [0.1, 0.15) is 22.8 Å². The Balaban J connectivity index is 3.15. The predicted octanol–water partition coefficient (Wildman–Crippen LogP) is 1.87. The van der Waals surface area contributed by atoms with E-state index in [0.717, 1.165) is 5.56 Å². The van der Waals surface area contributed by atoms with Gasteiger partial charge in [-0.05, 0) is 6.07 Å². The van der Waals surface area contributed by atoms with Gasteiger partial charge in [-0.2, -0.15) is 0 Å². The molecule has 5 heteroatoms. The van der Waals surface area contributed by atoms with E-state index in [1.54, 1.807) is 41.2 Å². The predicted molar refractivity (Wildman–Crippen MR) is 71.8 cm³/mol. The lowest BCUT2D eigenvalue weighted by Gasteiger charge is -2.09. The van der Waals surface area contributed by atoms with Crippen molar-refractivity contribution in [2.24, 2.45) is 0 Å². The number of benzene rings is 1. The van der Waals surface area contributed by atoms with Crippen molar-refractivity contribution in [1.82, 2.24) is 5.32 Å². The highest BCUT2D eigenvalue weighted by atomic mass is 127. The molecule has 0 aliphatic carbocycles. The van der Waals surface area contributed by atoms with Crippen LogP contribution in [0.15, 0.2) is 18.2 Å². The number of para-hydroxylation sites is 1. The second kappa shape index (κ2) is 6.25. The van der Waals surface area contributed by atoms with Gasteiger partial charge in [0.15, 0.2) is 23.0 Å². The highest BCUT2D eigenvalue weighted by Gasteiger charge is 2.16. The first-order valence-electron chi connectivity index (χ1n) is 4.76. The molecule has 4 nitrogen and oxygen atoms in total. The number of carbonyl (C=O) groups is 2. The monoisotopic (exact) mass is 343 g/mol. The topological polar surface area (TPSA) is 55.4 Å². The summed E-state index contributed by atoms with van der Waals surface area (Å²) in [6, 6.07) is 5.05. The van der Waals surface area contributed by atoms with Crippen LogP contribution in [-0.4, -0.2) is 11.8 Å². The molecule has 0 fully saturated rings. The van der Waals surface area contributed by atoms with Gasteiger partial charge in [0, 0.05) is 18.9 Å². The fourth-order valence-electron chi connectivity index (χ4n) is 1.33. The Morgan fingerprint density at radius 2 is 2.24 bits per heavy atom. The number of nitrogens with one attached hydrogen (secondary N) is 1. The van der Waals surface area contributed by atoms with Crippen LogP contribution < -0.4 is 8.38 Å². The summed E-state index contributed by atoms with van der Waals surface area (Å²) in [5.41, 5.74) is 1.03. The Bertz CT molecular complexity index is 491. The van der Waals surface area contributed by atoms with Gasteiger partial charge in [0.1, 0.15) is 5.75 Å². The molecule has 1 aromatic rings. The normalized spacial score (nSPS) is 9.24. The van der Waals surface area contributed by atoms with Gasteiger partial charge in [0.05, 0.1) is 5.56 Å². The van der Waals surface area contributed by atoms with Crippen LogP contribution >= 0.6 is 23.0 Å². The molecule has 88 valence electrons. The third kappa shape index (κ3) is 3.46. The van der Waals surface area contributed by atoms with E-state index in [0.29, 0.717) is 17.7 Å². The number of amides is 2. The number of imide groups is 1. The molecule has 0 radical (unpaired) electrons. The highest BCUT2D eigenvalue weighted by Crippen LogP contribution is 2.26. The maximum atomic E-state index is 11.7. The maximum absolute atomic E-state index is 11.7. The van der Waals surface area contributed by atoms with Crippen molar-refractivity contribution in [2.75, 3.05) is 0 Å². The summed E-state index contributed by atoms with van der Waals surface area (Å²) in [7, 11) is 0. The third-order valence-corrected chi connectivity index (χ3v) is 2.44. The van der Waals surface area contributed by atoms with E-state index in [1.807, 2.05) is 0 Å². The Hall–Kier alpha value is -1.55. The quantitative estimate of drug-likeness (QED) is 0.673. The summed E-state index contributed by atoms with van der Waals surface area (Å²) in [6.07, 6.45) is 5.59. The number of hydrogen-bond acceptors (Lipinski definition) is 3. The van der Waals surface area contributed by atoms with E-state index in [4.69, 9.17) is 9.49 Å². The average molecular weight is 343 g/mol. The number of rotatable bonds is 3. The van der Waals surface area contributed by atoms with Gasteiger partial charge in [-0.15, -0.1) is 12.3 Å². The SMILES string of the molecule is C#CCc1cccc(C(=O)NC(C)=O)c1OI. The van der Waals surface area contributed by atoms with E-state index in [1.165, 1.54) is 6.92 Å². The van der Waals surface area contributed by atoms with Crippen LogP contribution in [-0.2, 0) is 11.2 Å². The molecule has 0 saturated carbocycles. The first-order valence-corrected chi connectivity index (χ1v) is 5.64. The van der Waals surface area contributed by atoms with Crippen LogP contribution in [0.5, 0.6) is 5.75 Å². The van der Waals surface area contributed by atoms with Gasteiger partial charge in [0.2, 0.25) is 5.91 Å². The molecule has 0 saturated heterocycles. The van der Waals surface area contributed by atoms with E-state index in [9.17, 15) is 9.59 Å². The molecule has 2 amide bonds. The molecule has 1 aromatic carbocycles. The van der Waals surface area contributed by atoms with Crippen LogP contribution in [0.3, 0.4) is 0 Å². The van der Waals surface area contributed by atoms with Gasteiger partial charge >= 0.3 is 0 Å². The van der Waals surface area contributed by atoms with Gasteiger partial charge in [-0.1, -0.05) is 12.1 Å². The van der Waals surface area contributed by atoms with Gasteiger partial charge in [-0.3, -0.25) is 14.9 Å². The second-order valence-electron chi connectivity index (χ2n) is 3.26. The zero-order valence-corrected chi connectivity index (χ0v) is 11.3. The molecular weight excluding hydrogens is 333 g/mol. The summed E-state index contributed by atoms with van der Waals surface area (Å²) in [4.78, 5) is 22.6. The van der Waals surface area contributed by atoms with Gasteiger partial charge in [0.25, 0.3) is 5.91 Å². The Morgan fingerprint density at radius 1 is 1.53 bits per heavy atom. The Labute approximate surface area is 113 Å². The lowest BCUT2D eigenvalue weighted by atomic mass is 10.1. The third-order valence-electron chi connectivity index (χ3n) is 2.00. The molecule has 0 bridgehead atoms. The van der Waals surface area contributed by atoms with Crippen molar-refractivity contribution >= 4 is 34.8 Å². The summed E-state index contributed by atoms with van der Waals surface area (Å²) >= 11 is 1.68. The van der Waals surface area contributed by atoms with Gasteiger partial charge in [-0.25, -0.2) is 0 Å². The number of carbonyl (C=O) groups excluding carboxylic acids is 2. The zero-order chi connectivity index (χ0) is 12.8. The lowest BCUT2D eigenvalue weighted by molar-refractivity contribution is -0.118. The highest BCUT2D eigenvalue weighted by molar-refractivity contribution is 14.1. The summed E-state index contributed by atoms with van der Waals surface area (Å²) in [5.74, 6) is 1.96. The van der Waals surface area contributed by atoms with Crippen LogP contribution in [0.4, 0.5) is 0 Å². The van der Waals surface area contributed by atoms with Crippen molar-refractivity contribution < 1.29 is 12.7 Å². The van der Waals surface area contributed by atoms with Crippen molar-refractivity contribution in [1.29, 1.82) is 0 Å². The maximum Gasteiger partial charge on any atom is 0.261 e. The molecule has 0 aliphatic heterocycles. The van der Waals surface area contributed by atoms with Crippen molar-refractivity contribution in [3.63, 3.8) is 0 Å². The van der Waals surface area contributed by atoms with Crippen LogP contribution in [0, 0.1) is 12.3 Å². The molecule has 0 heterocycles. The number of hydrogen-bond donors (Lipinski definition) is 1. The Morgan fingerprint density at radius 3 is 2.76 bits per heavy atom. The van der Waals surface area contributed by atoms with Crippen molar-refractivity contribution in [3.05, 3.63) is 29.3 Å². The zero-order valence-electron chi connectivity index (χ0n) is 9.12. The molecule has 0 aliphatic rings. The molecule has 0 spiro atoms. The number of terminal acetylenes is 1. The van der Waals surface area contributed by atoms with Crippen molar-refractivity contribution in [2.45, 2.75) is 13.3 Å². The summed E-state index contributed by atoms with van der Waals surface area (Å²) < 4.78 is 5.13. The molecule has 1 N–H and O–H groups in total. The molecule has 0 atom stereocenters. The Kier molecular flexibility index (Phi) is 4.97. The summed E-state index contributed by atoms with van der Waals surface area (Å²) in [5, 5.41) is 2.19. The standard InChI is InChI=1S/C12H10INO3/c1-3-5-9-6-4-7-10(11(9)17-13)12(16)14-8(2)15/h1,4,6-7H,5H2,2H3,(H,14,15,16). The minimum Gasteiger partial charge on any atom is -0.426 e. The largest absolute Gasteiger partial charge is 0.426 e. The average Bonchev–Trinajstić information content (AvgIpc) is 2.28. The van der Waals surface area contributed by atoms with E-state index < -0.39 is 11.8 Å². The summed E-state index contributed by atoms with van der Waals surface area (Å²) in [6.45, 7) is 1.27. The second-order valence-corrected chi connectivity index (χ2v) is 3.70. The lowest BCUT2D eigenvalue weighted by Crippen LogP contribution is -2.28. The van der Waals surface area contributed by atoms with E-state index in [2.05, 4.69) is 11.2 Å². The molecule has 0 unspecified atom stereocenters. The minimum atomic E-state index is -0.497. The first kappa shape index (κ1) is 13.5. The minimum absolute atomic E-state index is 0.294. The van der Waals surface area contributed by atoms with Crippen LogP contribution in [0.25, 0.3) is 0 Å². The fourth-order valence-corrected chi connectivity index (χ4v) is 1.85. The van der Waals surface area contributed by atoms with E-state index >= 15 is 0 Å².